The van der Waals surface area contributed by atoms with E-state index in [0.717, 1.165) is 60.9 Å². The first-order valence-electron chi connectivity index (χ1n) is 20.5. The first-order chi connectivity index (χ1) is 30.6. The molecule has 15 heteroatoms. The molecule has 0 saturated carbocycles. The molecule has 1 fully saturated rings. The molecular formula is C48H46ClFN6O6S. The van der Waals surface area contributed by atoms with Crippen LogP contribution in [0.15, 0.2) is 97.3 Å². The number of pyridine rings is 1. The maximum absolute atomic E-state index is 14.5. The summed E-state index contributed by atoms with van der Waals surface area (Å²) in [7, 11) is 3.72. The van der Waals surface area contributed by atoms with Crippen LogP contribution in [0.1, 0.15) is 22.4 Å². The third kappa shape index (κ3) is 9.74. The van der Waals surface area contributed by atoms with Gasteiger partial charge in [0.05, 0.1) is 39.2 Å². The van der Waals surface area contributed by atoms with Gasteiger partial charge in [0.15, 0.2) is 5.82 Å². The number of carboxylic acids is 1. The number of methoxy groups -OCH3 is 1. The highest BCUT2D eigenvalue weighted by molar-refractivity contribution is 7.13. The molecule has 8 rings (SSSR count). The second-order valence-corrected chi connectivity index (χ2v) is 16.5. The van der Waals surface area contributed by atoms with Gasteiger partial charge in [-0.15, -0.1) is 0 Å². The Labute approximate surface area is 374 Å². The average molecular weight is 889 g/mol. The largest absolute Gasteiger partial charge is 0.496 e. The number of hydrogen-bond acceptors (Lipinski definition) is 12. The number of aryl methyl sites for hydroxylation is 1. The summed E-state index contributed by atoms with van der Waals surface area (Å²) in [5.74, 6) is 0.714. The molecule has 12 nitrogen and oxygen atoms in total. The number of aliphatic carboxylic acids is 1. The second kappa shape index (κ2) is 19.5. The average Bonchev–Trinajstić information content (AvgIpc) is 3.70. The van der Waals surface area contributed by atoms with Crippen LogP contribution < -0.4 is 18.9 Å². The van der Waals surface area contributed by atoms with Crippen molar-refractivity contribution in [2.75, 3.05) is 53.5 Å². The highest BCUT2D eigenvalue weighted by Crippen LogP contribution is 2.46. The number of carbonyl (C=O) groups is 1. The van der Waals surface area contributed by atoms with Crippen molar-refractivity contribution in [3.8, 4) is 56.9 Å². The number of benzene rings is 4. The van der Waals surface area contributed by atoms with Crippen molar-refractivity contribution in [1.29, 1.82) is 0 Å². The SMILES string of the molecule is COc1ccccc1-c1nccc(COc2ccccc2CC(Oc2nsc3cnc(-c4ccc(F)cc4C)c(-c4ccc(OCCN5CCN(C)CC5)c(Cl)c4C)c23)C(=O)O)n1. The van der Waals surface area contributed by atoms with Gasteiger partial charge in [-0.05, 0) is 103 Å². The van der Waals surface area contributed by atoms with Gasteiger partial charge >= 0.3 is 5.97 Å². The number of nitrogens with zero attached hydrogens (tertiary/aromatic N) is 6. The van der Waals surface area contributed by atoms with Crippen LogP contribution in [0.2, 0.25) is 5.02 Å². The summed E-state index contributed by atoms with van der Waals surface area (Å²) in [6.07, 6.45) is 1.93. The molecular weight excluding hydrogens is 843 g/mol. The summed E-state index contributed by atoms with van der Waals surface area (Å²) in [6.45, 7) is 9.06. The van der Waals surface area contributed by atoms with Crippen LogP contribution >= 0.6 is 23.1 Å². The minimum atomic E-state index is -1.37. The van der Waals surface area contributed by atoms with Crippen LogP contribution in [-0.2, 0) is 17.8 Å². The summed E-state index contributed by atoms with van der Waals surface area (Å²) in [5, 5.41) is 11.6. The zero-order valence-corrected chi connectivity index (χ0v) is 36.9. The minimum Gasteiger partial charge on any atom is -0.496 e. The number of carboxylic acid groups (broad SMARTS) is 1. The molecule has 1 saturated heterocycles. The highest BCUT2D eigenvalue weighted by atomic mass is 35.5. The summed E-state index contributed by atoms with van der Waals surface area (Å²) >= 11 is 8.23. The van der Waals surface area contributed by atoms with E-state index in [1.807, 2.05) is 62.4 Å². The van der Waals surface area contributed by atoms with Gasteiger partial charge in [-0.2, -0.15) is 4.37 Å². The van der Waals surface area contributed by atoms with E-state index < -0.39 is 12.1 Å². The molecule has 1 aliphatic rings. The summed E-state index contributed by atoms with van der Waals surface area (Å²) in [5.41, 5.74) is 5.93. The molecule has 0 amide bonds. The monoisotopic (exact) mass is 888 g/mol. The summed E-state index contributed by atoms with van der Waals surface area (Å²) < 4.78 is 44.2. The van der Waals surface area contributed by atoms with Crippen LogP contribution in [-0.4, -0.2) is 99.8 Å². The van der Waals surface area contributed by atoms with E-state index in [4.69, 9.17) is 40.5 Å². The molecule has 0 bridgehead atoms. The van der Waals surface area contributed by atoms with Crippen molar-refractivity contribution in [2.24, 2.45) is 0 Å². The molecule has 3 aromatic heterocycles. The standard InChI is InChI=1S/C48H46ClFN6O6S/c1-29-25-32(50)13-14-34(29)45-42(35-15-16-39(44(49)30(35)2)60-24-23-56-21-19-55(3)20-22-56)43-41(27-52-45)63-54-47(43)62-40(48(57)58)26-31-9-5-7-11-37(31)61-28-33-17-18-51-46(53-33)36-10-6-8-12-38(36)59-4/h5-18,25,27,40H,19-24,26,28H2,1-4H3,(H,57,58). The van der Waals surface area contributed by atoms with Crippen molar-refractivity contribution in [2.45, 2.75) is 33.0 Å². The third-order valence-electron chi connectivity index (χ3n) is 11.2. The number of halogens is 2. The van der Waals surface area contributed by atoms with Crippen molar-refractivity contribution in [1.82, 2.24) is 29.1 Å². The van der Waals surface area contributed by atoms with E-state index in [9.17, 15) is 14.3 Å². The van der Waals surface area contributed by atoms with Gasteiger partial charge in [-0.1, -0.05) is 48.0 Å². The molecule has 1 N–H and O–H groups in total. The molecule has 0 spiro atoms. The fourth-order valence-corrected chi connectivity index (χ4v) is 8.58. The minimum absolute atomic E-state index is 0.0455. The van der Waals surface area contributed by atoms with Gasteiger partial charge in [-0.25, -0.2) is 19.2 Å². The number of fused-ring (bicyclic) bond motifs is 1. The summed E-state index contributed by atoms with van der Waals surface area (Å²) in [6, 6.07) is 24.8. The normalized spacial score (nSPS) is 13.8. The molecule has 0 aliphatic carbocycles. The number of piperazine rings is 1. The van der Waals surface area contributed by atoms with Crippen molar-refractivity contribution in [3.63, 3.8) is 0 Å². The Morgan fingerprint density at radius 3 is 2.44 bits per heavy atom. The number of para-hydroxylation sites is 2. The van der Waals surface area contributed by atoms with E-state index >= 15 is 0 Å². The second-order valence-electron chi connectivity index (χ2n) is 15.3. The van der Waals surface area contributed by atoms with E-state index in [0.29, 0.717) is 78.4 Å². The van der Waals surface area contributed by atoms with Crippen LogP contribution in [0.4, 0.5) is 4.39 Å². The Balaban J connectivity index is 1.10. The molecule has 1 aliphatic heterocycles. The van der Waals surface area contributed by atoms with Crippen molar-refractivity contribution < 1.29 is 33.2 Å². The van der Waals surface area contributed by atoms with E-state index in [2.05, 4.69) is 26.2 Å². The van der Waals surface area contributed by atoms with E-state index in [1.54, 1.807) is 43.8 Å². The van der Waals surface area contributed by atoms with Crippen LogP contribution in [0.5, 0.6) is 23.1 Å². The lowest BCUT2D eigenvalue weighted by Gasteiger charge is -2.32. The third-order valence-corrected chi connectivity index (χ3v) is 12.4. The Morgan fingerprint density at radius 1 is 0.905 bits per heavy atom. The van der Waals surface area contributed by atoms with Crippen LogP contribution in [0.25, 0.3) is 43.9 Å². The topological polar surface area (TPSA) is 132 Å². The molecule has 4 aromatic carbocycles. The fraction of sp³-hybridized carbons (Fsp3) is 0.271. The summed E-state index contributed by atoms with van der Waals surface area (Å²) in [4.78, 5) is 31.7. The smallest absolute Gasteiger partial charge is 0.345 e. The zero-order chi connectivity index (χ0) is 44.0. The first kappa shape index (κ1) is 43.5. The van der Waals surface area contributed by atoms with E-state index in [1.165, 1.54) is 12.1 Å². The quantitative estimate of drug-likeness (QED) is 0.0993. The van der Waals surface area contributed by atoms with Crippen LogP contribution in [0, 0.1) is 19.7 Å². The predicted molar refractivity (Wildman–Crippen MR) is 243 cm³/mol. The first-order valence-corrected chi connectivity index (χ1v) is 21.7. The molecule has 324 valence electrons. The maximum atomic E-state index is 14.5. The zero-order valence-electron chi connectivity index (χ0n) is 35.3. The number of aromatic nitrogens is 4. The molecule has 1 atom stereocenters. The number of ether oxygens (including phenoxy) is 4. The predicted octanol–water partition coefficient (Wildman–Crippen LogP) is 9.18. The van der Waals surface area contributed by atoms with Gasteiger partial charge < -0.3 is 29.0 Å². The van der Waals surface area contributed by atoms with Gasteiger partial charge in [0.2, 0.25) is 12.0 Å². The number of hydrogen-bond donors (Lipinski definition) is 1. The van der Waals surface area contributed by atoms with Gasteiger partial charge in [0.1, 0.15) is 36.3 Å². The molecule has 0 radical (unpaired) electrons. The molecule has 1 unspecified atom stereocenters. The lowest BCUT2D eigenvalue weighted by atomic mass is 9.91. The molecule has 4 heterocycles. The highest BCUT2D eigenvalue weighted by Gasteiger charge is 2.28. The lowest BCUT2D eigenvalue weighted by Crippen LogP contribution is -2.45. The maximum Gasteiger partial charge on any atom is 0.345 e. The van der Waals surface area contributed by atoms with Gasteiger partial charge in [0.25, 0.3) is 0 Å². The Hall–Kier alpha value is -6.19. The lowest BCUT2D eigenvalue weighted by molar-refractivity contribution is -0.145. The number of likely N-dealkylation sites (N-methyl/N-ethyl adjacent to an activating group) is 1. The van der Waals surface area contributed by atoms with Gasteiger partial charge in [-0.3, -0.25) is 9.88 Å². The van der Waals surface area contributed by atoms with Crippen molar-refractivity contribution >= 4 is 39.2 Å². The molecule has 7 aromatic rings. The Morgan fingerprint density at radius 2 is 1.67 bits per heavy atom. The van der Waals surface area contributed by atoms with Crippen LogP contribution in [0.3, 0.4) is 0 Å². The van der Waals surface area contributed by atoms with Gasteiger partial charge in [0, 0.05) is 62.7 Å². The molecule has 63 heavy (non-hydrogen) atoms. The van der Waals surface area contributed by atoms with E-state index in [-0.39, 0.29) is 24.7 Å². The number of rotatable bonds is 16. The Kier molecular flexibility index (Phi) is 13.4. The Bertz CT molecular complexity index is 2760. The van der Waals surface area contributed by atoms with Crippen molar-refractivity contribution in [3.05, 3.63) is 131 Å². The fourth-order valence-electron chi connectivity index (χ4n) is 7.66.